The van der Waals surface area contributed by atoms with E-state index in [9.17, 15) is 4.79 Å². The SMILES string of the molecule is Cc1nc2ccnn2cc1C(=O)N1CC(C)(C)C1C(C)C. The number of hydrogen-bond donors (Lipinski definition) is 0. The Kier molecular flexibility index (Phi) is 3.04. The van der Waals surface area contributed by atoms with Crippen molar-refractivity contribution in [1.29, 1.82) is 0 Å². The zero-order chi connectivity index (χ0) is 15.4. The summed E-state index contributed by atoms with van der Waals surface area (Å²) in [7, 11) is 0. The summed E-state index contributed by atoms with van der Waals surface area (Å²) in [5, 5.41) is 4.17. The highest BCUT2D eigenvalue weighted by Crippen LogP contribution is 2.42. The van der Waals surface area contributed by atoms with Crippen LogP contribution in [0.3, 0.4) is 0 Å². The molecule has 5 nitrogen and oxygen atoms in total. The first-order chi connectivity index (χ1) is 9.81. The summed E-state index contributed by atoms with van der Waals surface area (Å²) in [4.78, 5) is 19.3. The second-order valence-electron chi connectivity index (χ2n) is 6.98. The maximum absolute atomic E-state index is 12.9. The summed E-state index contributed by atoms with van der Waals surface area (Å²) in [6.45, 7) is 11.5. The molecule has 0 N–H and O–H groups in total. The van der Waals surface area contributed by atoms with Crippen LogP contribution in [0, 0.1) is 18.3 Å². The number of hydrogen-bond acceptors (Lipinski definition) is 3. The van der Waals surface area contributed by atoms with Crippen LogP contribution in [0.25, 0.3) is 5.65 Å². The lowest BCUT2D eigenvalue weighted by Crippen LogP contribution is -2.65. The molecule has 0 aromatic carbocycles. The van der Waals surface area contributed by atoms with Gasteiger partial charge >= 0.3 is 0 Å². The topological polar surface area (TPSA) is 50.5 Å². The maximum atomic E-state index is 12.9. The number of carbonyl (C=O) groups is 1. The fourth-order valence-electron chi connectivity index (χ4n) is 3.71. The molecular weight excluding hydrogens is 264 g/mol. The summed E-state index contributed by atoms with van der Waals surface area (Å²) in [6, 6.07) is 2.11. The Labute approximate surface area is 125 Å². The van der Waals surface area contributed by atoms with Crippen LogP contribution in [0.5, 0.6) is 0 Å². The number of aryl methyl sites for hydroxylation is 1. The average molecular weight is 286 g/mol. The van der Waals surface area contributed by atoms with Gasteiger partial charge in [-0.3, -0.25) is 4.79 Å². The van der Waals surface area contributed by atoms with Crippen LogP contribution in [0.1, 0.15) is 43.7 Å². The first-order valence-corrected chi connectivity index (χ1v) is 7.43. The molecule has 1 amide bonds. The van der Waals surface area contributed by atoms with Crippen molar-refractivity contribution in [2.24, 2.45) is 11.3 Å². The van der Waals surface area contributed by atoms with Crippen molar-refractivity contribution in [3.05, 3.63) is 29.7 Å². The lowest BCUT2D eigenvalue weighted by molar-refractivity contribution is -0.0520. The third kappa shape index (κ3) is 2.11. The quantitative estimate of drug-likeness (QED) is 0.852. The van der Waals surface area contributed by atoms with Crippen molar-refractivity contribution >= 4 is 11.6 Å². The molecule has 3 rings (SSSR count). The molecule has 2 aromatic rings. The fourth-order valence-corrected chi connectivity index (χ4v) is 3.71. The molecular formula is C16H22N4O. The van der Waals surface area contributed by atoms with E-state index in [1.165, 1.54) is 0 Å². The number of aromatic nitrogens is 3. The largest absolute Gasteiger partial charge is 0.334 e. The second-order valence-corrected chi connectivity index (χ2v) is 6.98. The highest BCUT2D eigenvalue weighted by atomic mass is 16.2. The molecule has 1 fully saturated rings. The minimum Gasteiger partial charge on any atom is -0.334 e. The number of carbonyl (C=O) groups excluding carboxylic acids is 1. The molecule has 112 valence electrons. The second kappa shape index (κ2) is 4.55. The van der Waals surface area contributed by atoms with Gasteiger partial charge in [0.05, 0.1) is 17.5 Å². The van der Waals surface area contributed by atoms with Crippen molar-refractivity contribution < 1.29 is 4.79 Å². The van der Waals surface area contributed by atoms with Gasteiger partial charge in [0, 0.05) is 30.3 Å². The molecule has 2 aromatic heterocycles. The minimum atomic E-state index is 0.0652. The van der Waals surface area contributed by atoms with Crippen molar-refractivity contribution in [2.45, 2.75) is 40.7 Å². The van der Waals surface area contributed by atoms with E-state index in [2.05, 4.69) is 37.8 Å². The van der Waals surface area contributed by atoms with E-state index in [-0.39, 0.29) is 17.4 Å². The Bertz CT molecular complexity index is 701. The maximum Gasteiger partial charge on any atom is 0.257 e. The van der Waals surface area contributed by atoms with Crippen LogP contribution in [0.15, 0.2) is 18.5 Å². The van der Waals surface area contributed by atoms with Crippen molar-refractivity contribution in [3.63, 3.8) is 0 Å². The molecule has 3 heterocycles. The average Bonchev–Trinajstić information content (AvgIpc) is 2.80. The summed E-state index contributed by atoms with van der Waals surface area (Å²) >= 11 is 0. The molecule has 0 saturated carbocycles. The van der Waals surface area contributed by atoms with Crippen molar-refractivity contribution in [2.75, 3.05) is 6.54 Å². The summed E-state index contributed by atoms with van der Waals surface area (Å²) in [6.07, 6.45) is 3.49. The van der Waals surface area contributed by atoms with Gasteiger partial charge in [-0.1, -0.05) is 27.7 Å². The van der Waals surface area contributed by atoms with Crippen LogP contribution in [0.2, 0.25) is 0 Å². The predicted octanol–water partition coefficient (Wildman–Crippen LogP) is 2.54. The molecule has 0 spiro atoms. The number of rotatable bonds is 2. The number of fused-ring (bicyclic) bond motifs is 1. The zero-order valence-corrected chi connectivity index (χ0v) is 13.3. The summed E-state index contributed by atoms with van der Waals surface area (Å²) in [5.41, 5.74) is 2.36. The standard InChI is InChI=1S/C16H22N4O/c1-10(2)14-16(4,5)9-19(14)15(21)12-8-20-13(6-7-17-20)18-11(12)3/h6-8,10,14H,9H2,1-5H3. The Morgan fingerprint density at radius 3 is 2.76 bits per heavy atom. The smallest absolute Gasteiger partial charge is 0.257 e. The van der Waals surface area contributed by atoms with Gasteiger partial charge in [-0.05, 0) is 12.8 Å². The highest BCUT2D eigenvalue weighted by molar-refractivity contribution is 5.96. The third-order valence-electron chi connectivity index (χ3n) is 4.41. The molecule has 21 heavy (non-hydrogen) atoms. The van der Waals surface area contributed by atoms with Crippen LogP contribution in [0.4, 0.5) is 0 Å². The Morgan fingerprint density at radius 2 is 2.14 bits per heavy atom. The number of nitrogens with zero attached hydrogens (tertiary/aromatic N) is 4. The van der Waals surface area contributed by atoms with Crippen LogP contribution in [-0.2, 0) is 0 Å². The molecule has 1 aliphatic rings. The molecule has 1 saturated heterocycles. The molecule has 0 radical (unpaired) electrons. The minimum absolute atomic E-state index is 0.0652. The Morgan fingerprint density at radius 1 is 1.43 bits per heavy atom. The van der Waals surface area contributed by atoms with Gasteiger partial charge in [-0.15, -0.1) is 0 Å². The summed E-state index contributed by atoms with van der Waals surface area (Å²) in [5.74, 6) is 0.509. The van der Waals surface area contributed by atoms with E-state index in [4.69, 9.17) is 0 Å². The first kappa shape index (κ1) is 14.0. The summed E-state index contributed by atoms with van der Waals surface area (Å²) < 4.78 is 1.66. The number of amides is 1. The Hall–Kier alpha value is -1.91. The molecule has 1 atom stereocenters. The Balaban J connectivity index is 1.95. The van der Waals surface area contributed by atoms with E-state index in [1.54, 1.807) is 16.9 Å². The van der Waals surface area contributed by atoms with Crippen LogP contribution < -0.4 is 0 Å². The zero-order valence-electron chi connectivity index (χ0n) is 13.3. The molecule has 5 heteroatoms. The lowest BCUT2D eigenvalue weighted by atomic mass is 9.69. The van der Waals surface area contributed by atoms with E-state index in [1.807, 2.05) is 17.9 Å². The molecule has 0 aliphatic carbocycles. The van der Waals surface area contributed by atoms with Gasteiger partial charge in [0.2, 0.25) is 0 Å². The normalized spacial score (nSPS) is 20.9. The van der Waals surface area contributed by atoms with Gasteiger partial charge in [0.1, 0.15) is 0 Å². The van der Waals surface area contributed by atoms with Crippen molar-refractivity contribution in [3.8, 4) is 0 Å². The molecule has 1 unspecified atom stereocenters. The van der Waals surface area contributed by atoms with E-state index < -0.39 is 0 Å². The van der Waals surface area contributed by atoms with E-state index >= 15 is 0 Å². The first-order valence-electron chi connectivity index (χ1n) is 7.43. The number of likely N-dealkylation sites (tertiary alicyclic amines) is 1. The van der Waals surface area contributed by atoms with Gasteiger partial charge < -0.3 is 4.90 Å². The molecule has 1 aliphatic heterocycles. The van der Waals surface area contributed by atoms with Gasteiger partial charge in [0.25, 0.3) is 5.91 Å². The van der Waals surface area contributed by atoms with Crippen LogP contribution >= 0.6 is 0 Å². The third-order valence-corrected chi connectivity index (χ3v) is 4.41. The van der Waals surface area contributed by atoms with E-state index in [0.717, 1.165) is 17.9 Å². The predicted molar refractivity (Wildman–Crippen MR) is 81.2 cm³/mol. The molecule has 0 bridgehead atoms. The van der Waals surface area contributed by atoms with Crippen LogP contribution in [-0.4, -0.2) is 38.0 Å². The lowest BCUT2D eigenvalue weighted by Gasteiger charge is -2.56. The van der Waals surface area contributed by atoms with Gasteiger partial charge in [0.15, 0.2) is 5.65 Å². The monoisotopic (exact) mass is 286 g/mol. The van der Waals surface area contributed by atoms with Crippen molar-refractivity contribution in [1.82, 2.24) is 19.5 Å². The van der Waals surface area contributed by atoms with E-state index in [0.29, 0.717) is 11.5 Å². The highest BCUT2D eigenvalue weighted by Gasteiger charge is 2.49. The van der Waals surface area contributed by atoms with Gasteiger partial charge in [-0.25, -0.2) is 9.50 Å². The van der Waals surface area contributed by atoms with Gasteiger partial charge in [-0.2, -0.15) is 5.10 Å². The fraction of sp³-hybridized carbons (Fsp3) is 0.562.